The van der Waals surface area contributed by atoms with Crippen molar-refractivity contribution in [2.45, 2.75) is 27.7 Å². The van der Waals surface area contributed by atoms with Gasteiger partial charge in [-0.2, -0.15) is 0 Å². The van der Waals surface area contributed by atoms with Crippen molar-refractivity contribution in [1.29, 1.82) is 0 Å². The average molecular weight is 437 g/mol. The molecule has 3 rings (SSSR count). The van der Waals surface area contributed by atoms with Crippen LogP contribution in [0.1, 0.15) is 22.3 Å². The number of rotatable bonds is 7. The average Bonchev–Trinajstić information content (AvgIpc) is 3.15. The van der Waals surface area contributed by atoms with E-state index in [1.165, 1.54) is 16.9 Å². The molecule has 0 radical (unpaired) electrons. The molecule has 0 aliphatic rings. The zero-order valence-corrected chi connectivity index (χ0v) is 19.4. The third-order valence-electron chi connectivity index (χ3n) is 5.13. The third-order valence-corrected chi connectivity index (χ3v) is 5.88. The van der Waals surface area contributed by atoms with E-state index in [9.17, 15) is 9.59 Å². The normalized spacial score (nSPS) is 10.9. The van der Waals surface area contributed by atoms with E-state index in [4.69, 9.17) is 0 Å². The first kappa shape index (κ1) is 22.7. The maximum absolute atomic E-state index is 12.4. The minimum atomic E-state index is -0.205. The van der Waals surface area contributed by atoms with Crippen molar-refractivity contribution in [1.82, 2.24) is 9.88 Å². The first-order valence-electron chi connectivity index (χ1n) is 10.1. The molecular weight excluding hydrogens is 408 g/mol. The Kier molecular flexibility index (Phi) is 7.20. The van der Waals surface area contributed by atoms with Crippen LogP contribution < -0.4 is 10.6 Å². The molecule has 0 unspecified atom stereocenters. The van der Waals surface area contributed by atoms with E-state index >= 15 is 0 Å². The maximum Gasteiger partial charge on any atom is 0.240 e. The molecule has 0 saturated carbocycles. The molecule has 0 bridgehead atoms. The zero-order valence-electron chi connectivity index (χ0n) is 18.6. The second kappa shape index (κ2) is 9.85. The van der Waals surface area contributed by atoms with E-state index in [-0.39, 0.29) is 24.9 Å². The summed E-state index contributed by atoms with van der Waals surface area (Å²) >= 11 is 1.39. The monoisotopic (exact) mass is 436 g/mol. The van der Waals surface area contributed by atoms with Crippen molar-refractivity contribution < 1.29 is 9.59 Å². The van der Waals surface area contributed by atoms with Crippen molar-refractivity contribution in [2.75, 3.05) is 30.8 Å². The van der Waals surface area contributed by atoms with Gasteiger partial charge in [-0.25, -0.2) is 4.98 Å². The fourth-order valence-electron chi connectivity index (χ4n) is 3.25. The summed E-state index contributed by atoms with van der Waals surface area (Å²) in [7, 11) is 1.74. The molecule has 0 atom stereocenters. The minimum absolute atomic E-state index is 0.0958. The van der Waals surface area contributed by atoms with Crippen molar-refractivity contribution in [3.05, 3.63) is 64.0 Å². The van der Waals surface area contributed by atoms with E-state index < -0.39 is 0 Å². The molecule has 162 valence electrons. The Morgan fingerprint density at radius 3 is 2.42 bits per heavy atom. The molecule has 6 nitrogen and oxygen atoms in total. The number of thiazole rings is 1. The molecule has 31 heavy (non-hydrogen) atoms. The number of hydrogen-bond acceptors (Lipinski definition) is 5. The Morgan fingerprint density at radius 2 is 1.68 bits per heavy atom. The molecule has 0 fully saturated rings. The van der Waals surface area contributed by atoms with Crippen LogP contribution in [0.3, 0.4) is 0 Å². The number of nitrogens with zero attached hydrogens (tertiary/aromatic N) is 2. The van der Waals surface area contributed by atoms with Crippen LogP contribution in [-0.4, -0.2) is 41.8 Å². The van der Waals surface area contributed by atoms with E-state index in [2.05, 4.69) is 33.8 Å². The summed E-state index contributed by atoms with van der Waals surface area (Å²) in [6, 6.07) is 12.0. The van der Waals surface area contributed by atoms with Crippen molar-refractivity contribution in [3.63, 3.8) is 0 Å². The quantitative estimate of drug-likeness (QED) is 0.570. The molecule has 2 aromatic carbocycles. The fraction of sp³-hybridized carbons (Fsp3) is 0.292. The van der Waals surface area contributed by atoms with E-state index in [0.717, 1.165) is 33.6 Å². The number of amides is 2. The predicted molar refractivity (Wildman–Crippen MR) is 128 cm³/mol. The highest BCUT2D eigenvalue weighted by Crippen LogP contribution is 2.28. The van der Waals surface area contributed by atoms with Crippen LogP contribution in [0.2, 0.25) is 0 Å². The number of nitrogens with one attached hydrogen (secondary N) is 2. The second-order valence-electron chi connectivity index (χ2n) is 7.87. The molecule has 2 N–H and O–H groups in total. The van der Waals surface area contributed by atoms with Gasteiger partial charge in [0.15, 0.2) is 5.13 Å². The minimum Gasteiger partial charge on any atom is -0.325 e. The molecule has 0 spiro atoms. The van der Waals surface area contributed by atoms with Crippen LogP contribution >= 0.6 is 11.3 Å². The number of benzene rings is 2. The summed E-state index contributed by atoms with van der Waals surface area (Å²) in [5, 5.41) is 8.24. The molecule has 2 amide bonds. The van der Waals surface area contributed by atoms with Gasteiger partial charge in [0.2, 0.25) is 11.8 Å². The summed E-state index contributed by atoms with van der Waals surface area (Å²) in [5.74, 6) is -0.362. The van der Waals surface area contributed by atoms with Gasteiger partial charge in [-0.05, 0) is 63.6 Å². The number of carbonyl (C=O) groups is 2. The molecule has 0 aliphatic carbocycles. The standard InChI is InChI=1S/C24H28N4O2S/c1-15-9-10-17(3)19(11-15)21-14-31-24(26-21)27-23(30)13-28(5)12-22(29)25-20-8-6-7-16(2)18(20)4/h6-11,14H,12-13H2,1-5H3,(H,25,29)(H,26,27,30). The third kappa shape index (κ3) is 5.99. The van der Waals surface area contributed by atoms with E-state index in [1.807, 2.05) is 51.3 Å². The first-order valence-corrected chi connectivity index (χ1v) is 11.0. The molecule has 7 heteroatoms. The maximum atomic E-state index is 12.4. The van der Waals surface area contributed by atoms with E-state index in [1.54, 1.807) is 11.9 Å². The molecule has 1 aromatic heterocycles. The lowest BCUT2D eigenvalue weighted by atomic mass is 10.0. The van der Waals surface area contributed by atoms with Gasteiger partial charge in [-0.3, -0.25) is 14.5 Å². The molecular formula is C24H28N4O2S. The molecule has 3 aromatic rings. The zero-order chi connectivity index (χ0) is 22.5. The van der Waals surface area contributed by atoms with Gasteiger partial charge in [-0.1, -0.05) is 29.8 Å². The highest BCUT2D eigenvalue weighted by atomic mass is 32.1. The van der Waals surface area contributed by atoms with Crippen LogP contribution in [0, 0.1) is 27.7 Å². The van der Waals surface area contributed by atoms with Gasteiger partial charge < -0.3 is 10.6 Å². The van der Waals surface area contributed by atoms with Gasteiger partial charge in [0.05, 0.1) is 18.8 Å². The van der Waals surface area contributed by atoms with Gasteiger partial charge in [0, 0.05) is 16.6 Å². The van der Waals surface area contributed by atoms with Gasteiger partial charge in [-0.15, -0.1) is 11.3 Å². The summed E-state index contributed by atoms with van der Waals surface area (Å²) in [6.45, 7) is 8.29. The number of hydrogen-bond donors (Lipinski definition) is 2. The summed E-state index contributed by atoms with van der Waals surface area (Å²) in [5.41, 5.74) is 7.18. The highest BCUT2D eigenvalue weighted by Gasteiger charge is 2.14. The molecule has 0 saturated heterocycles. The first-order chi connectivity index (χ1) is 14.7. The van der Waals surface area contributed by atoms with Crippen molar-refractivity contribution in [3.8, 4) is 11.3 Å². The Bertz CT molecular complexity index is 1110. The van der Waals surface area contributed by atoms with Crippen LogP contribution in [0.25, 0.3) is 11.3 Å². The van der Waals surface area contributed by atoms with Crippen LogP contribution in [0.15, 0.2) is 41.8 Å². The summed E-state index contributed by atoms with van der Waals surface area (Å²) < 4.78 is 0. The predicted octanol–water partition coefficient (Wildman–Crippen LogP) is 4.55. The second-order valence-corrected chi connectivity index (χ2v) is 8.73. The van der Waals surface area contributed by atoms with Gasteiger partial charge in [0.25, 0.3) is 0 Å². The Labute approximate surface area is 187 Å². The lowest BCUT2D eigenvalue weighted by Crippen LogP contribution is -2.36. The SMILES string of the molecule is Cc1ccc(C)c(-c2csc(NC(=O)CN(C)CC(=O)Nc3cccc(C)c3C)n2)c1. The number of aromatic nitrogens is 1. The summed E-state index contributed by atoms with van der Waals surface area (Å²) in [4.78, 5) is 31.0. The Morgan fingerprint density at radius 1 is 0.968 bits per heavy atom. The Balaban J connectivity index is 1.53. The molecule has 0 aliphatic heterocycles. The van der Waals surface area contributed by atoms with Crippen molar-refractivity contribution in [2.24, 2.45) is 0 Å². The van der Waals surface area contributed by atoms with E-state index in [0.29, 0.717) is 5.13 Å². The number of anilines is 2. The summed E-state index contributed by atoms with van der Waals surface area (Å²) in [6.07, 6.45) is 0. The highest BCUT2D eigenvalue weighted by molar-refractivity contribution is 7.14. The van der Waals surface area contributed by atoms with Gasteiger partial charge in [0.1, 0.15) is 0 Å². The number of aryl methyl sites for hydroxylation is 3. The van der Waals surface area contributed by atoms with Crippen LogP contribution in [0.5, 0.6) is 0 Å². The lowest BCUT2D eigenvalue weighted by molar-refractivity contribution is -0.119. The number of likely N-dealkylation sites (N-methyl/N-ethyl adjacent to an activating group) is 1. The number of carbonyl (C=O) groups excluding carboxylic acids is 2. The largest absolute Gasteiger partial charge is 0.325 e. The van der Waals surface area contributed by atoms with Gasteiger partial charge >= 0.3 is 0 Å². The smallest absolute Gasteiger partial charge is 0.240 e. The lowest BCUT2D eigenvalue weighted by Gasteiger charge is -2.16. The van der Waals surface area contributed by atoms with Crippen LogP contribution in [-0.2, 0) is 9.59 Å². The molecule has 1 heterocycles. The topological polar surface area (TPSA) is 74.3 Å². The Hall–Kier alpha value is -3.03. The fourth-order valence-corrected chi connectivity index (χ4v) is 3.97. The van der Waals surface area contributed by atoms with Crippen LogP contribution in [0.4, 0.5) is 10.8 Å². The van der Waals surface area contributed by atoms with Crippen molar-refractivity contribution >= 4 is 34.0 Å².